The van der Waals surface area contributed by atoms with E-state index in [0.717, 1.165) is 37.7 Å². The summed E-state index contributed by atoms with van der Waals surface area (Å²) in [5.74, 6) is 0.853. The van der Waals surface area contributed by atoms with Crippen molar-refractivity contribution in [2.45, 2.75) is 13.0 Å². The standard InChI is InChI=1S/C20H26N4O2S/c1-2-26-18-7-5-17(6-8-18)23-20(27)22-15-19(16-4-3-9-21-14-16)24-10-12-25-13-11-24/h3-9,14,19H,2,10-13,15H2,1H3,(H2,22,23,27)/t19-/m1/s1. The van der Waals surface area contributed by atoms with Gasteiger partial charge in [0.2, 0.25) is 0 Å². The van der Waals surface area contributed by atoms with Gasteiger partial charge in [0.1, 0.15) is 5.75 Å². The number of pyridine rings is 1. The van der Waals surface area contributed by atoms with Gasteiger partial charge in [-0.3, -0.25) is 9.88 Å². The fraction of sp³-hybridized carbons (Fsp3) is 0.400. The Balaban J connectivity index is 1.58. The van der Waals surface area contributed by atoms with Crippen molar-refractivity contribution >= 4 is 23.0 Å². The molecule has 2 heterocycles. The van der Waals surface area contributed by atoms with Gasteiger partial charge in [-0.2, -0.15) is 0 Å². The third-order valence-corrected chi connectivity index (χ3v) is 4.68. The number of nitrogens with zero attached hydrogens (tertiary/aromatic N) is 2. The van der Waals surface area contributed by atoms with Crippen molar-refractivity contribution in [3.05, 3.63) is 54.4 Å². The largest absolute Gasteiger partial charge is 0.494 e. The van der Waals surface area contributed by atoms with Crippen LogP contribution in [-0.2, 0) is 4.74 Å². The molecule has 0 saturated carbocycles. The fourth-order valence-corrected chi connectivity index (χ4v) is 3.29. The average Bonchev–Trinajstić information content (AvgIpc) is 2.71. The van der Waals surface area contributed by atoms with Crippen LogP contribution in [0.25, 0.3) is 0 Å². The average molecular weight is 387 g/mol. The van der Waals surface area contributed by atoms with E-state index < -0.39 is 0 Å². The van der Waals surface area contributed by atoms with E-state index in [2.05, 4.69) is 26.6 Å². The van der Waals surface area contributed by atoms with E-state index in [-0.39, 0.29) is 6.04 Å². The van der Waals surface area contributed by atoms with Gasteiger partial charge in [-0.1, -0.05) is 6.07 Å². The van der Waals surface area contributed by atoms with Crippen molar-refractivity contribution in [1.29, 1.82) is 0 Å². The second-order valence-electron chi connectivity index (χ2n) is 6.24. The minimum absolute atomic E-state index is 0.197. The molecule has 0 bridgehead atoms. The molecule has 1 aliphatic rings. The monoisotopic (exact) mass is 386 g/mol. The van der Waals surface area contributed by atoms with Crippen LogP contribution < -0.4 is 15.4 Å². The SMILES string of the molecule is CCOc1ccc(NC(=S)NC[C@H](c2cccnc2)N2CCOCC2)cc1. The quantitative estimate of drug-likeness (QED) is 0.710. The summed E-state index contributed by atoms with van der Waals surface area (Å²) in [5.41, 5.74) is 2.11. The number of hydrogen-bond donors (Lipinski definition) is 2. The first kappa shape index (κ1) is 19.5. The van der Waals surface area contributed by atoms with Crippen molar-refractivity contribution in [3.8, 4) is 5.75 Å². The van der Waals surface area contributed by atoms with Crippen molar-refractivity contribution in [2.75, 3.05) is 44.8 Å². The van der Waals surface area contributed by atoms with E-state index in [1.165, 1.54) is 5.56 Å². The molecule has 3 rings (SSSR count). The van der Waals surface area contributed by atoms with Crippen LogP contribution in [0.4, 0.5) is 5.69 Å². The van der Waals surface area contributed by atoms with Gasteiger partial charge in [-0.15, -0.1) is 0 Å². The summed E-state index contributed by atoms with van der Waals surface area (Å²) >= 11 is 5.48. The summed E-state index contributed by atoms with van der Waals surface area (Å²) in [6, 6.07) is 12.1. The topological polar surface area (TPSA) is 58.7 Å². The number of morpholine rings is 1. The Labute approximate surface area is 165 Å². The van der Waals surface area contributed by atoms with Gasteiger partial charge in [0.15, 0.2) is 5.11 Å². The van der Waals surface area contributed by atoms with Crippen LogP contribution >= 0.6 is 12.2 Å². The van der Waals surface area contributed by atoms with E-state index in [1.54, 1.807) is 6.20 Å². The molecule has 7 heteroatoms. The number of hydrogen-bond acceptors (Lipinski definition) is 5. The molecule has 1 aliphatic heterocycles. The number of nitrogens with one attached hydrogen (secondary N) is 2. The Bertz CT molecular complexity index is 706. The molecule has 0 amide bonds. The highest BCUT2D eigenvalue weighted by molar-refractivity contribution is 7.80. The molecule has 0 spiro atoms. The lowest BCUT2D eigenvalue weighted by Crippen LogP contribution is -2.44. The first-order valence-electron chi connectivity index (χ1n) is 9.25. The number of aromatic nitrogens is 1. The van der Waals surface area contributed by atoms with E-state index in [1.807, 2.05) is 43.5 Å². The maximum absolute atomic E-state index is 5.49. The molecular weight excluding hydrogens is 360 g/mol. The maximum Gasteiger partial charge on any atom is 0.170 e. The highest BCUT2D eigenvalue weighted by Crippen LogP contribution is 2.20. The molecule has 144 valence electrons. The number of rotatable bonds is 7. The van der Waals surface area contributed by atoms with E-state index in [9.17, 15) is 0 Å². The summed E-state index contributed by atoms with van der Waals surface area (Å²) in [6.07, 6.45) is 3.72. The van der Waals surface area contributed by atoms with Crippen LogP contribution in [-0.4, -0.2) is 54.5 Å². The first-order valence-corrected chi connectivity index (χ1v) is 9.66. The van der Waals surface area contributed by atoms with Gasteiger partial charge < -0.3 is 20.1 Å². The Morgan fingerprint density at radius 1 is 1.26 bits per heavy atom. The first-order chi connectivity index (χ1) is 13.3. The van der Waals surface area contributed by atoms with Crippen molar-refractivity contribution in [2.24, 2.45) is 0 Å². The predicted molar refractivity (Wildman–Crippen MR) is 111 cm³/mol. The predicted octanol–water partition coefficient (Wildman–Crippen LogP) is 2.84. The lowest BCUT2D eigenvalue weighted by molar-refractivity contribution is 0.0170. The number of benzene rings is 1. The third-order valence-electron chi connectivity index (χ3n) is 4.43. The molecule has 1 fully saturated rings. The lowest BCUT2D eigenvalue weighted by Gasteiger charge is -2.35. The van der Waals surface area contributed by atoms with Crippen LogP contribution in [0.1, 0.15) is 18.5 Å². The maximum atomic E-state index is 5.49. The van der Waals surface area contributed by atoms with Crippen LogP contribution in [0.3, 0.4) is 0 Å². The Morgan fingerprint density at radius 2 is 2.04 bits per heavy atom. The van der Waals surface area contributed by atoms with Gasteiger partial charge in [0.25, 0.3) is 0 Å². The van der Waals surface area contributed by atoms with Gasteiger partial charge in [-0.25, -0.2) is 0 Å². The Hall–Kier alpha value is -2.22. The molecule has 1 aromatic heterocycles. The van der Waals surface area contributed by atoms with Crippen LogP contribution in [0, 0.1) is 0 Å². The smallest absolute Gasteiger partial charge is 0.170 e. The molecule has 2 N–H and O–H groups in total. The number of thiocarbonyl (C=S) groups is 1. The van der Waals surface area contributed by atoms with Crippen molar-refractivity contribution in [1.82, 2.24) is 15.2 Å². The van der Waals surface area contributed by atoms with Gasteiger partial charge in [0, 0.05) is 37.7 Å². The normalized spacial score (nSPS) is 15.7. The van der Waals surface area contributed by atoms with Crippen LogP contribution in [0.2, 0.25) is 0 Å². The minimum Gasteiger partial charge on any atom is -0.494 e. The highest BCUT2D eigenvalue weighted by atomic mass is 32.1. The highest BCUT2D eigenvalue weighted by Gasteiger charge is 2.22. The van der Waals surface area contributed by atoms with Gasteiger partial charge >= 0.3 is 0 Å². The summed E-state index contributed by atoms with van der Waals surface area (Å²) in [6.45, 7) is 6.65. The molecular formula is C20H26N4O2S. The fourth-order valence-electron chi connectivity index (χ4n) is 3.09. The summed E-state index contributed by atoms with van der Waals surface area (Å²) in [5, 5.41) is 7.17. The van der Waals surface area contributed by atoms with Crippen molar-refractivity contribution < 1.29 is 9.47 Å². The molecule has 27 heavy (non-hydrogen) atoms. The lowest BCUT2D eigenvalue weighted by atomic mass is 10.1. The molecule has 6 nitrogen and oxygen atoms in total. The van der Waals surface area contributed by atoms with Crippen LogP contribution in [0.5, 0.6) is 5.75 Å². The van der Waals surface area contributed by atoms with E-state index >= 15 is 0 Å². The molecule has 0 aliphatic carbocycles. The molecule has 1 atom stereocenters. The molecule has 1 saturated heterocycles. The van der Waals surface area contributed by atoms with Gasteiger partial charge in [0.05, 0.1) is 25.9 Å². The molecule has 0 unspecified atom stereocenters. The Kier molecular flexibility index (Phi) is 7.38. The van der Waals surface area contributed by atoms with Gasteiger partial charge in [-0.05, 0) is 55.0 Å². The summed E-state index contributed by atoms with van der Waals surface area (Å²) < 4.78 is 11.0. The summed E-state index contributed by atoms with van der Waals surface area (Å²) in [4.78, 5) is 6.68. The van der Waals surface area contributed by atoms with Crippen LogP contribution in [0.15, 0.2) is 48.8 Å². The second-order valence-corrected chi connectivity index (χ2v) is 6.65. The zero-order valence-corrected chi connectivity index (χ0v) is 16.4. The molecule has 2 aromatic rings. The van der Waals surface area contributed by atoms with E-state index in [0.29, 0.717) is 18.3 Å². The van der Waals surface area contributed by atoms with Crippen molar-refractivity contribution in [3.63, 3.8) is 0 Å². The minimum atomic E-state index is 0.197. The number of ether oxygens (including phenoxy) is 2. The molecule has 0 radical (unpaired) electrons. The second kappa shape index (κ2) is 10.2. The summed E-state index contributed by atoms with van der Waals surface area (Å²) in [7, 11) is 0. The Morgan fingerprint density at radius 3 is 2.70 bits per heavy atom. The zero-order chi connectivity index (χ0) is 18.9. The zero-order valence-electron chi connectivity index (χ0n) is 15.6. The third kappa shape index (κ3) is 5.89. The number of anilines is 1. The van der Waals surface area contributed by atoms with E-state index in [4.69, 9.17) is 21.7 Å². The molecule has 1 aromatic carbocycles.